The number of hydrogen-bond donors (Lipinski definition) is 2. The molecule has 0 saturated carbocycles. The molecule has 1 aromatic heterocycles. The lowest BCUT2D eigenvalue weighted by Gasteiger charge is -2.29. The summed E-state index contributed by atoms with van der Waals surface area (Å²) >= 11 is 7.89. The number of hydrogen-bond acceptors (Lipinski definition) is 6. The quantitative estimate of drug-likeness (QED) is 0.201. The summed E-state index contributed by atoms with van der Waals surface area (Å²) in [4.78, 5) is 18.5. The van der Waals surface area contributed by atoms with Gasteiger partial charge >= 0.3 is 0 Å². The van der Waals surface area contributed by atoms with Gasteiger partial charge < -0.3 is 15.4 Å². The number of aryl methyl sites for hydroxylation is 2. The molecule has 5 rings (SSSR count). The van der Waals surface area contributed by atoms with Crippen molar-refractivity contribution in [3.8, 4) is 5.75 Å². The minimum Gasteiger partial charge on any atom is -0.489 e. The molecule has 0 bridgehead atoms. The van der Waals surface area contributed by atoms with E-state index in [1.165, 1.54) is 0 Å². The lowest BCUT2D eigenvalue weighted by atomic mass is 9.94. The van der Waals surface area contributed by atoms with E-state index in [0.717, 1.165) is 45.8 Å². The first-order valence-electron chi connectivity index (χ1n) is 13.3. The first-order valence-corrected chi connectivity index (χ1v) is 14.6. The van der Waals surface area contributed by atoms with Crippen LogP contribution >= 0.6 is 23.4 Å². The van der Waals surface area contributed by atoms with E-state index in [0.29, 0.717) is 34.1 Å². The second kappa shape index (κ2) is 12.2. The number of nitrogens with zero attached hydrogens (tertiary/aromatic N) is 3. The van der Waals surface area contributed by atoms with Crippen LogP contribution in [0.15, 0.2) is 83.2 Å². The minimum absolute atomic E-state index is 0.190. The molecule has 3 aromatic carbocycles. The summed E-state index contributed by atoms with van der Waals surface area (Å²) in [6.07, 6.45) is 1.02. The van der Waals surface area contributed by atoms with Crippen LogP contribution in [0, 0.1) is 13.8 Å². The van der Waals surface area contributed by atoms with Gasteiger partial charge in [0.2, 0.25) is 11.1 Å². The van der Waals surface area contributed by atoms with E-state index in [9.17, 15) is 4.79 Å². The number of amides is 1. The molecule has 0 spiro atoms. The number of aromatic nitrogens is 3. The third-order valence-corrected chi connectivity index (χ3v) is 8.10. The van der Waals surface area contributed by atoms with Crippen LogP contribution in [0.4, 0.5) is 11.6 Å². The number of benzene rings is 3. The first-order chi connectivity index (χ1) is 19.3. The Labute approximate surface area is 244 Å². The maximum absolute atomic E-state index is 13.8. The Kier molecular flexibility index (Phi) is 8.47. The maximum Gasteiger partial charge on any atom is 0.255 e. The number of carbonyl (C=O) groups excluding carboxylic acids is 1. The Morgan fingerprint density at radius 1 is 1.10 bits per heavy atom. The van der Waals surface area contributed by atoms with E-state index < -0.39 is 6.04 Å². The van der Waals surface area contributed by atoms with E-state index in [-0.39, 0.29) is 5.91 Å². The Hall–Kier alpha value is -3.75. The normalized spacial score (nSPS) is 14.5. The monoisotopic (exact) mass is 573 g/mol. The fourth-order valence-electron chi connectivity index (χ4n) is 4.65. The van der Waals surface area contributed by atoms with E-state index >= 15 is 0 Å². The van der Waals surface area contributed by atoms with Gasteiger partial charge in [-0.3, -0.25) is 4.79 Å². The molecule has 9 heteroatoms. The number of fused-ring (bicyclic) bond motifs is 1. The largest absolute Gasteiger partial charge is 0.489 e. The second-order valence-corrected chi connectivity index (χ2v) is 11.3. The predicted molar refractivity (Wildman–Crippen MR) is 162 cm³/mol. The van der Waals surface area contributed by atoms with Gasteiger partial charge in [0.25, 0.3) is 5.91 Å². The zero-order valence-corrected chi connectivity index (χ0v) is 24.6. The molecule has 7 nitrogen and oxygen atoms in total. The van der Waals surface area contributed by atoms with Crippen LogP contribution in [0.5, 0.6) is 5.75 Å². The van der Waals surface area contributed by atoms with E-state index in [2.05, 4.69) is 23.6 Å². The summed E-state index contributed by atoms with van der Waals surface area (Å²) in [7, 11) is 0. The van der Waals surface area contributed by atoms with Crippen molar-refractivity contribution in [3.05, 3.63) is 105 Å². The summed E-state index contributed by atoms with van der Waals surface area (Å²) in [6, 6.07) is 20.9. The summed E-state index contributed by atoms with van der Waals surface area (Å²) in [5.41, 5.74) is 6.06. The van der Waals surface area contributed by atoms with Crippen LogP contribution in [0.1, 0.15) is 48.6 Å². The fraction of sp³-hybridized carbons (Fsp3) is 0.258. The summed E-state index contributed by atoms with van der Waals surface area (Å²) in [6.45, 7) is 8.42. The molecule has 0 radical (unpaired) electrons. The van der Waals surface area contributed by atoms with Crippen molar-refractivity contribution in [2.45, 2.75) is 51.9 Å². The molecule has 2 heterocycles. The molecule has 0 aliphatic carbocycles. The highest BCUT2D eigenvalue weighted by Gasteiger charge is 2.34. The Bertz CT molecular complexity index is 1560. The fourth-order valence-corrected chi connectivity index (χ4v) is 5.53. The average Bonchev–Trinajstić information content (AvgIpc) is 3.34. The number of halogens is 1. The van der Waals surface area contributed by atoms with Crippen LogP contribution in [0.2, 0.25) is 5.02 Å². The molecule has 4 aromatic rings. The van der Waals surface area contributed by atoms with Crippen LogP contribution in [0.25, 0.3) is 0 Å². The van der Waals surface area contributed by atoms with Gasteiger partial charge in [0, 0.05) is 27.7 Å². The molecule has 1 unspecified atom stereocenters. The van der Waals surface area contributed by atoms with Crippen molar-refractivity contribution in [1.82, 2.24) is 14.8 Å². The van der Waals surface area contributed by atoms with Gasteiger partial charge in [-0.1, -0.05) is 78.3 Å². The van der Waals surface area contributed by atoms with Gasteiger partial charge in [-0.05, 0) is 62.6 Å². The lowest BCUT2D eigenvalue weighted by Crippen LogP contribution is -2.31. The van der Waals surface area contributed by atoms with Crippen LogP contribution in [-0.2, 0) is 11.4 Å². The van der Waals surface area contributed by atoms with Crippen molar-refractivity contribution >= 4 is 40.9 Å². The highest BCUT2D eigenvalue weighted by molar-refractivity contribution is 7.99. The number of nitrogens with one attached hydrogen (secondary N) is 2. The smallest absolute Gasteiger partial charge is 0.255 e. The zero-order valence-electron chi connectivity index (χ0n) is 23.0. The van der Waals surface area contributed by atoms with Crippen LogP contribution in [-0.4, -0.2) is 26.4 Å². The van der Waals surface area contributed by atoms with E-state index in [4.69, 9.17) is 26.4 Å². The highest BCUT2D eigenvalue weighted by atomic mass is 35.5. The first kappa shape index (κ1) is 27.8. The Morgan fingerprint density at radius 3 is 2.60 bits per heavy atom. The number of anilines is 2. The number of thioether (sulfide) groups is 1. The molecule has 0 fully saturated rings. The zero-order chi connectivity index (χ0) is 28.2. The van der Waals surface area contributed by atoms with Gasteiger partial charge in [0.05, 0.1) is 5.57 Å². The minimum atomic E-state index is -0.469. The third kappa shape index (κ3) is 6.03. The maximum atomic E-state index is 13.8. The predicted octanol–water partition coefficient (Wildman–Crippen LogP) is 7.56. The number of rotatable bonds is 9. The molecule has 40 heavy (non-hydrogen) atoms. The Balaban J connectivity index is 1.46. The molecule has 206 valence electrons. The van der Waals surface area contributed by atoms with E-state index in [1.807, 2.05) is 86.1 Å². The summed E-state index contributed by atoms with van der Waals surface area (Å²) in [5, 5.41) is 12.6. The van der Waals surface area contributed by atoms with E-state index in [1.54, 1.807) is 11.8 Å². The molecule has 1 amide bonds. The molecule has 0 saturated heterocycles. The average molecular weight is 574 g/mol. The summed E-state index contributed by atoms with van der Waals surface area (Å²) in [5.74, 6) is 2.05. The molecule has 1 aliphatic rings. The van der Waals surface area contributed by atoms with Crippen LogP contribution in [0.3, 0.4) is 0 Å². The molecule has 1 aliphatic heterocycles. The van der Waals surface area contributed by atoms with Crippen molar-refractivity contribution in [2.75, 3.05) is 16.4 Å². The van der Waals surface area contributed by atoms with Gasteiger partial charge in [0.1, 0.15) is 18.4 Å². The van der Waals surface area contributed by atoms with Gasteiger partial charge in [-0.15, -0.1) is 5.10 Å². The van der Waals surface area contributed by atoms with Crippen LogP contribution < -0.4 is 15.4 Å². The highest BCUT2D eigenvalue weighted by Crippen LogP contribution is 2.37. The van der Waals surface area contributed by atoms with Gasteiger partial charge in [-0.2, -0.15) is 4.98 Å². The summed E-state index contributed by atoms with van der Waals surface area (Å²) < 4.78 is 7.81. The lowest BCUT2D eigenvalue weighted by molar-refractivity contribution is -0.113. The second-order valence-electron chi connectivity index (χ2n) is 9.80. The number of carbonyl (C=O) groups is 1. The topological polar surface area (TPSA) is 81.1 Å². The third-order valence-electron chi connectivity index (χ3n) is 6.69. The standard InChI is InChI=1S/C31H32ClN5O2S/c1-5-16-40-31-35-30-33-21(4)27(29(38)34-26-15-10-19(2)17-20(26)3)28(37(30)36-31)22-11-13-24(14-12-22)39-18-23-8-6-7-9-25(23)32/h6-15,17,28H,5,16,18H2,1-4H3,(H,34,38)(H,33,35,36). The Morgan fingerprint density at radius 2 is 1.88 bits per heavy atom. The van der Waals surface area contributed by atoms with Gasteiger partial charge in [0.15, 0.2) is 0 Å². The molecular weight excluding hydrogens is 542 g/mol. The van der Waals surface area contributed by atoms with Crippen molar-refractivity contribution in [1.29, 1.82) is 0 Å². The van der Waals surface area contributed by atoms with Crippen molar-refractivity contribution < 1.29 is 9.53 Å². The van der Waals surface area contributed by atoms with Crippen molar-refractivity contribution in [2.24, 2.45) is 0 Å². The van der Waals surface area contributed by atoms with Crippen molar-refractivity contribution in [3.63, 3.8) is 0 Å². The molecule has 1 atom stereocenters. The number of ether oxygens (including phenoxy) is 1. The molecule has 2 N–H and O–H groups in total. The molecular formula is C31H32ClN5O2S. The van der Waals surface area contributed by atoms with Gasteiger partial charge in [-0.25, -0.2) is 4.68 Å². The number of allylic oxidation sites excluding steroid dienone is 1. The SMILES string of the molecule is CCCSc1nc2n(n1)C(c1ccc(OCc3ccccc3Cl)cc1)C(C(=O)Nc1ccc(C)cc1C)=C(C)N2.